The lowest BCUT2D eigenvalue weighted by atomic mass is 9.87. The van der Waals surface area contributed by atoms with Crippen molar-refractivity contribution in [3.63, 3.8) is 0 Å². The van der Waals surface area contributed by atoms with Gasteiger partial charge in [0.05, 0.1) is 6.61 Å². The monoisotopic (exact) mass is 275 g/mol. The summed E-state index contributed by atoms with van der Waals surface area (Å²) in [6, 6.07) is 7.15. The number of hydrogen-bond acceptors (Lipinski definition) is 2. The van der Waals surface area contributed by atoms with Gasteiger partial charge < -0.3 is 10.1 Å². The summed E-state index contributed by atoms with van der Waals surface area (Å²) in [7, 11) is 0. The van der Waals surface area contributed by atoms with Gasteiger partial charge in [-0.25, -0.2) is 0 Å². The topological polar surface area (TPSA) is 21.3 Å². The average Bonchev–Trinajstić information content (AvgIpc) is 2.38. The molecule has 0 bridgehead atoms. The van der Waals surface area contributed by atoms with Crippen LogP contribution in [0.25, 0.3) is 0 Å². The van der Waals surface area contributed by atoms with Gasteiger partial charge in [-0.1, -0.05) is 33.8 Å². The van der Waals surface area contributed by atoms with E-state index in [1.807, 2.05) is 0 Å². The quantitative estimate of drug-likeness (QED) is 0.855. The van der Waals surface area contributed by atoms with Crippen LogP contribution in [-0.4, -0.2) is 13.2 Å². The second-order valence-electron chi connectivity index (χ2n) is 7.02. The lowest BCUT2D eigenvalue weighted by molar-refractivity contribution is 0.242. The summed E-state index contributed by atoms with van der Waals surface area (Å²) in [5.41, 5.74) is 3.28. The highest BCUT2D eigenvalue weighted by molar-refractivity contribution is 5.39. The van der Waals surface area contributed by atoms with Crippen LogP contribution in [0.15, 0.2) is 18.2 Å². The van der Waals surface area contributed by atoms with E-state index >= 15 is 0 Å². The van der Waals surface area contributed by atoms with Crippen LogP contribution < -0.4 is 10.1 Å². The van der Waals surface area contributed by atoms with E-state index in [1.54, 1.807) is 0 Å². The van der Waals surface area contributed by atoms with Gasteiger partial charge in [0.1, 0.15) is 5.75 Å². The zero-order valence-corrected chi connectivity index (χ0v) is 13.5. The Kier molecular flexibility index (Phi) is 5.09. The molecule has 0 amide bonds. The molecule has 112 valence electrons. The summed E-state index contributed by atoms with van der Waals surface area (Å²) in [6.45, 7) is 10.8. The first-order valence-corrected chi connectivity index (χ1v) is 7.98. The summed E-state index contributed by atoms with van der Waals surface area (Å²) in [6.07, 6.45) is 4.82. The first kappa shape index (κ1) is 15.4. The Morgan fingerprint density at radius 2 is 2.10 bits per heavy atom. The van der Waals surface area contributed by atoms with Crippen molar-refractivity contribution in [3.8, 4) is 5.75 Å². The predicted octanol–water partition coefficient (Wildman–Crippen LogP) is 4.49. The number of benzene rings is 1. The van der Waals surface area contributed by atoms with Gasteiger partial charge in [0.2, 0.25) is 0 Å². The van der Waals surface area contributed by atoms with E-state index in [0.29, 0.717) is 11.5 Å². The maximum atomic E-state index is 5.95. The molecule has 0 heterocycles. The molecule has 0 spiro atoms. The summed E-state index contributed by atoms with van der Waals surface area (Å²) in [5.74, 6) is 1.03. The third kappa shape index (κ3) is 4.24. The van der Waals surface area contributed by atoms with E-state index in [9.17, 15) is 0 Å². The molecule has 20 heavy (non-hydrogen) atoms. The highest BCUT2D eigenvalue weighted by Gasteiger charge is 2.20. The molecule has 1 aromatic carbocycles. The van der Waals surface area contributed by atoms with Crippen LogP contribution in [0.2, 0.25) is 0 Å². The molecule has 1 atom stereocenters. The highest BCUT2D eigenvalue weighted by atomic mass is 16.5. The van der Waals surface area contributed by atoms with Crippen LogP contribution >= 0.6 is 0 Å². The highest BCUT2D eigenvalue weighted by Crippen LogP contribution is 2.32. The number of aryl methyl sites for hydroxylation is 1. The van der Waals surface area contributed by atoms with E-state index in [-0.39, 0.29) is 0 Å². The zero-order chi connectivity index (χ0) is 14.6. The number of nitrogens with one attached hydrogen (secondary N) is 1. The van der Waals surface area contributed by atoms with Gasteiger partial charge in [0, 0.05) is 6.04 Å². The van der Waals surface area contributed by atoms with Crippen LogP contribution in [0.3, 0.4) is 0 Å². The lowest BCUT2D eigenvalue weighted by Crippen LogP contribution is -2.24. The van der Waals surface area contributed by atoms with Crippen molar-refractivity contribution in [1.82, 2.24) is 5.32 Å². The Hall–Kier alpha value is -1.02. The van der Waals surface area contributed by atoms with Crippen molar-refractivity contribution in [2.24, 2.45) is 5.41 Å². The predicted molar refractivity (Wildman–Crippen MR) is 85.4 cm³/mol. The molecule has 1 aromatic rings. The molecule has 1 N–H and O–H groups in total. The van der Waals surface area contributed by atoms with Crippen LogP contribution in [0.4, 0.5) is 0 Å². The summed E-state index contributed by atoms with van der Waals surface area (Å²) < 4.78 is 5.95. The number of hydrogen-bond donors (Lipinski definition) is 1. The number of ether oxygens (including phenoxy) is 1. The van der Waals surface area contributed by atoms with Crippen LogP contribution in [0.1, 0.15) is 64.1 Å². The van der Waals surface area contributed by atoms with Gasteiger partial charge in [0.25, 0.3) is 0 Å². The maximum Gasteiger partial charge on any atom is 0.119 e. The van der Waals surface area contributed by atoms with Gasteiger partial charge in [-0.3, -0.25) is 0 Å². The number of fused-ring (bicyclic) bond motifs is 1. The normalized spacial score (nSPS) is 18.7. The van der Waals surface area contributed by atoms with Crippen molar-refractivity contribution < 1.29 is 4.74 Å². The Morgan fingerprint density at radius 3 is 2.80 bits per heavy atom. The number of rotatable bonds is 5. The van der Waals surface area contributed by atoms with Crippen molar-refractivity contribution in [3.05, 3.63) is 29.3 Å². The molecule has 1 aliphatic rings. The average molecular weight is 275 g/mol. The first-order valence-electron chi connectivity index (χ1n) is 7.98. The molecule has 0 saturated carbocycles. The Labute approximate surface area is 123 Å². The van der Waals surface area contributed by atoms with Crippen molar-refractivity contribution >= 4 is 0 Å². The van der Waals surface area contributed by atoms with E-state index in [2.05, 4.69) is 51.2 Å². The van der Waals surface area contributed by atoms with Crippen molar-refractivity contribution in [1.29, 1.82) is 0 Å². The molecule has 0 aromatic heterocycles. The van der Waals surface area contributed by atoms with Gasteiger partial charge in [-0.2, -0.15) is 0 Å². The Balaban J connectivity index is 2.03. The molecule has 2 rings (SSSR count). The molecular weight excluding hydrogens is 246 g/mol. The van der Waals surface area contributed by atoms with Gasteiger partial charge in [-0.05, 0) is 60.9 Å². The summed E-state index contributed by atoms with van der Waals surface area (Å²) >= 11 is 0. The molecule has 1 unspecified atom stereocenters. The van der Waals surface area contributed by atoms with E-state index in [1.165, 1.54) is 30.4 Å². The second kappa shape index (κ2) is 6.62. The van der Waals surface area contributed by atoms with E-state index in [0.717, 1.165) is 25.3 Å². The smallest absolute Gasteiger partial charge is 0.119 e. The zero-order valence-electron chi connectivity index (χ0n) is 13.5. The maximum absolute atomic E-state index is 5.95. The standard InChI is InChI=1S/C18H29NO/c1-5-19-17-8-6-7-14-9-10-15(13-16(14)17)20-12-11-18(2,3)4/h9-10,13,17,19H,5-8,11-12H2,1-4H3. The van der Waals surface area contributed by atoms with Crippen LogP contribution in [-0.2, 0) is 6.42 Å². The molecule has 1 aliphatic carbocycles. The second-order valence-corrected chi connectivity index (χ2v) is 7.02. The minimum atomic E-state index is 0.334. The molecule has 0 aliphatic heterocycles. The van der Waals surface area contributed by atoms with Gasteiger partial charge in [0.15, 0.2) is 0 Å². The minimum absolute atomic E-state index is 0.334. The van der Waals surface area contributed by atoms with Gasteiger partial charge >= 0.3 is 0 Å². The largest absolute Gasteiger partial charge is 0.494 e. The van der Waals surface area contributed by atoms with Gasteiger partial charge in [-0.15, -0.1) is 0 Å². The molecule has 0 radical (unpaired) electrons. The minimum Gasteiger partial charge on any atom is -0.494 e. The third-order valence-corrected chi connectivity index (χ3v) is 4.00. The molecule has 2 heteroatoms. The van der Waals surface area contributed by atoms with Crippen LogP contribution in [0, 0.1) is 5.41 Å². The third-order valence-electron chi connectivity index (χ3n) is 4.00. The van der Waals surface area contributed by atoms with E-state index in [4.69, 9.17) is 4.74 Å². The summed E-state index contributed by atoms with van der Waals surface area (Å²) in [4.78, 5) is 0. The molecule has 2 nitrogen and oxygen atoms in total. The Morgan fingerprint density at radius 1 is 1.30 bits per heavy atom. The Bertz CT molecular complexity index is 434. The molecule has 0 fully saturated rings. The fraction of sp³-hybridized carbons (Fsp3) is 0.667. The summed E-state index contributed by atoms with van der Waals surface area (Å²) in [5, 5.41) is 3.59. The fourth-order valence-corrected chi connectivity index (χ4v) is 2.80. The molecular formula is C18H29NO. The molecule has 0 saturated heterocycles. The van der Waals surface area contributed by atoms with Crippen LogP contribution in [0.5, 0.6) is 5.75 Å². The first-order chi connectivity index (χ1) is 9.49. The lowest BCUT2D eigenvalue weighted by Gasteiger charge is -2.27. The fourth-order valence-electron chi connectivity index (χ4n) is 2.80. The SMILES string of the molecule is CCNC1CCCc2ccc(OCCC(C)(C)C)cc21. The van der Waals surface area contributed by atoms with Crippen molar-refractivity contribution in [2.75, 3.05) is 13.2 Å². The van der Waals surface area contributed by atoms with Crippen molar-refractivity contribution in [2.45, 2.75) is 59.4 Å². The van der Waals surface area contributed by atoms with E-state index < -0.39 is 0 Å².